The first kappa shape index (κ1) is 20.1. The number of aromatic amines is 1. The molecule has 2 N–H and O–H groups in total. The molecular weight excluding hydrogens is 444 g/mol. The molecule has 0 unspecified atom stereocenters. The van der Waals surface area contributed by atoms with Crippen LogP contribution in [0.3, 0.4) is 0 Å². The summed E-state index contributed by atoms with van der Waals surface area (Å²) in [6.07, 6.45) is 2.20. The number of hydrogen-bond donors (Lipinski definition) is 2. The fraction of sp³-hybridized carbons (Fsp3) is 0.111. The van der Waals surface area contributed by atoms with Gasteiger partial charge in [-0.05, 0) is 24.4 Å². The SMILES string of the molecule is C=CCn1c(Cc2csc(NC(=O)c3cc4cc([N+](=O)[O-])ccc4s3)n2)n[nH]c1=S. The Bertz CT molecular complexity index is 1330. The fourth-order valence-electron chi connectivity index (χ4n) is 2.83. The maximum absolute atomic E-state index is 12.6. The predicted molar refractivity (Wildman–Crippen MR) is 119 cm³/mol. The molecule has 0 bridgehead atoms. The molecule has 9 nitrogen and oxygen atoms in total. The van der Waals surface area contributed by atoms with E-state index in [4.69, 9.17) is 12.2 Å². The molecule has 3 aromatic heterocycles. The Morgan fingerprint density at radius 3 is 3.03 bits per heavy atom. The number of thiazole rings is 1. The molecule has 0 saturated heterocycles. The molecule has 3 heterocycles. The van der Waals surface area contributed by atoms with E-state index in [1.54, 1.807) is 18.2 Å². The number of hydrogen-bond acceptors (Lipinski definition) is 8. The standard InChI is InChI=1S/C18H14N6O3S3/c1-2-5-23-15(21-22-18(23)28)8-11-9-29-17(19-11)20-16(25)14-7-10-6-12(24(26)27)3-4-13(10)30-14/h2-4,6-7,9H,1,5,8H2,(H,22,28)(H,19,20,25). The van der Waals surface area contributed by atoms with Crippen LogP contribution in [-0.2, 0) is 13.0 Å². The van der Waals surface area contributed by atoms with Gasteiger partial charge in [-0.15, -0.1) is 29.3 Å². The van der Waals surface area contributed by atoms with Crippen LogP contribution < -0.4 is 5.32 Å². The second-order valence-electron chi connectivity index (χ2n) is 6.21. The Hall–Kier alpha value is -3.22. The minimum absolute atomic E-state index is 0.00822. The number of benzene rings is 1. The summed E-state index contributed by atoms with van der Waals surface area (Å²) in [7, 11) is 0. The molecule has 0 atom stereocenters. The molecule has 152 valence electrons. The molecule has 1 aromatic carbocycles. The maximum Gasteiger partial charge on any atom is 0.270 e. The van der Waals surface area contributed by atoms with E-state index >= 15 is 0 Å². The zero-order valence-corrected chi connectivity index (χ0v) is 17.8. The van der Waals surface area contributed by atoms with Crippen molar-refractivity contribution in [3.05, 3.63) is 73.6 Å². The lowest BCUT2D eigenvalue weighted by Crippen LogP contribution is -2.10. The van der Waals surface area contributed by atoms with Crippen molar-refractivity contribution in [3.8, 4) is 0 Å². The van der Waals surface area contributed by atoms with E-state index < -0.39 is 4.92 Å². The lowest BCUT2D eigenvalue weighted by molar-refractivity contribution is -0.384. The van der Waals surface area contributed by atoms with Gasteiger partial charge in [0.05, 0.1) is 21.9 Å². The lowest BCUT2D eigenvalue weighted by Gasteiger charge is -2.01. The summed E-state index contributed by atoms with van der Waals surface area (Å²) in [5.41, 5.74) is 0.743. The maximum atomic E-state index is 12.6. The number of anilines is 1. The van der Waals surface area contributed by atoms with Gasteiger partial charge in [0.25, 0.3) is 11.6 Å². The van der Waals surface area contributed by atoms with Crippen LogP contribution in [0.1, 0.15) is 21.2 Å². The molecule has 0 aliphatic rings. The Kier molecular flexibility index (Phi) is 5.53. The molecule has 0 radical (unpaired) electrons. The molecule has 4 aromatic rings. The van der Waals surface area contributed by atoms with Crippen LogP contribution in [0.15, 0.2) is 42.3 Å². The normalized spacial score (nSPS) is 10.9. The van der Waals surface area contributed by atoms with Crippen LogP contribution in [0.25, 0.3) is 10.1 Å². The topological polar surface area (TPSA) is 119 Å². The third-order valence-corrected chi connectivity index (χ3v) is 6.43. The van der Waals surface area contributed by atoms with Crippen LogP contribution in [0.5, 0.6) is 0 Å². The highest BCUT2D eigenvalue weighted by molar-refractivity contribution is 7.71. The summed E-state index contributed by atoms with van der Waals surface area (Å²) in [6, 6.07) is 6.17. The Morgan fingerprint density at radius 2 is 2.27 bits per heavy atom. The van der Waals surface area contributed by atoms with Gasteiger partial charge in [0.2, 0.25) is 0 Å². The molecule has 30 heavy (non-hydrogen) atoms. The van der Waals surface area contributed by atoms with E-state index in [9.17, 15) is 14.9 Å². The number of H-pyrrole nitrogens is 1. The van der Waals surface area contributed by atoms with Crippen molar-refractivity contribution in [3.63, 3.8) is 0 Å². The van der Waals surface area contributed by atoms with E-state index in [1.165, 1.54) is 34.8 Å². The number of allylic oxidation sites excluding steroid dienone is 1. The number of nitro benzene ring substituents is 1. The first-order valence-electron chi connectivity index (χ1n) is 8.63. The van der Waals surface area contributed by atoms with Gasteiger partial charge >= 0.3 is 0 Å². The highest BCUT2D eigenvalue weighted by Crippen LogP contribution is 2.29. The van der Waals surface area contributed by atoms with E-state index in [-0.39, 0.29) is 11.6 Å². The monoisotopic (exact) mass is 458 g/mol. The summed E-state index contributed by atoms with van der Waals surface area (Å²) < 4.78 is 3.14. The van der Waals surface area contributed by atoms with Crippen LogP contribution in [0.4, 0.5) is 10.8 Å². The van der Waals surface area contributed by atoms with Gasteiger partial charge in [0.1, 0.15) is 5.82 Å². The van der Waals surface area contributed by atoms with Crippen molar-refractivity contribution in [2.24, 2.45) is 0 Å². The smallest absolute Gasteiger partial charge is 0.270 e. The van der Waals surface area contributed by atoms with Gasteiger partial charge in [-0.3, -0.25) is 29.9 Å². The van der Waals surface area contributed by atoms with Crippen molar-refractivity contribution in [2.45, 2.75) is 13.0 Å². The van der Waals surface area contributed by atoms with Gasteiger partial charge in [-0.2, -0.15) is 5.10 Å². The largest absolute Gasteiger partial charge is 0.300 e. The lowest BCUT2D eigenvalue weighted by atomic mass is 10.2. The second-order valence-corrected chi connectivity index (χ2v) is 8.54. The van der Waals surface area contributed by atoms with E-state index in [2.05, 4.69) is 27.1 Å². The number of nitrogens with zero attached hydrogens (tertiary/aromatic N) is 4. The van der Waals surface area contributed by atoms with E-state index in [0.717, 1.165) is 16.2 Å². The zero-order valence-electron chi connectivity index (χ0n) is 15.3. The second kappa shape index (κ2) is 8.26. The van der Waals surface area contributed by atoms with Crippen molar-refractivity contribution < 1.29 is 9.72 Å². The number of thiophene rings is 1. The van der Waals surface area contributed by atoms with Crippen molar-refractivity contribution in [1.82, 2.24) is 19.7 Å². The van der Waals surface area contributed by atoms with Gasteiger partial charge in [-0.1, -0.05) is 6.08 Å². The molecular formula is C18H14N6O3S3. The van der Waals surface area contributed by atoms with Gasteiger partial charge < -0.3 is 0 Å². The highest BCUT2D eigenvalue weighted by Gasteiger charge is 2.15. The molecule has 0 spiro atoms. The summed E-state index contributed by atoms with van der Waals surface area (Å²) in [6.45, 7) is 4.26. The highest BCUT2D eigenvalue weighted by atomic mass is 32.1. The Labute approximate surface area is 182 Å². The van der Waals surface area contributed by atoms with Crippen molar-refractivity contribution in [2.75, 3.05) is 5.32 Å². The van der Waals surface area contributed by atoms with E-state index in [1.807, 2.05) is 9.95 Å². The molecule has 12 heteroatoms. The first-order valence-corrected chi connectivity index (χ1v) is 10.7. The number of carbonyl (C=O) groups is 1. The predicted octanol–water partition coefficient (Wildman–Crippen LogP) is 4.55. The van der Waals surface area contributed by atoms with Crippen LogP contribution in [-0.4, -0.2) is 30.6 Å². The zero-order chi connectivity index (χ0) is 21.3. The average molecular weight is 459 g/mol. The summed E-state index contributed by atoms with van der Waals surface area (Å²) in [5, 5.41) is 23.6. The summed E-state index contributed by atoms with van der Waals surface area (Å²) in [4.78, 5) is 28.0. The molecule has 0 fully saturated rings. The minimum atomic E-state index is -0.457. The van der Waals surface area contributed by atoms with Crippen molar-refractivity contribution in [1.29, 1.82) is 0 Å². The Morgan fingerprint density at radius 1 is 1.43 bits per heavy atom. The molecule has 4 rings (SSSR count). The van der Waals surface area contributed by atoms with Gasteiger partial charge in [0, 0.05) is 34.1 Å². The fourth-order valence-corrected chi connectivity index (χ4v) is 4.69. The minimum Gasteiger partial charge on any atom is -0.300 e. The third-order valence-electron chi connectivity index (χ3n) is 4.19. The Balaban J connectivity index is 1.49. The quantitative estimate of drug-likeness (QED) is 0.181. The molecule has 0 aliphatic heterocycles. The molecule has 1 amide bonds. The summed E-state index contributed by atoms with van der Waals surface area (Å²) in [5.74, 6) is 0.420. The van der Waals surface area contributed by atoms with Crippen LogP contribution in [0.2, 0.25) is 0 Å². The third kappa shape index (κ3) is 4.06. The number of nitrogens with one attached hydrogen (secondary N) is 2. The number of non-ortho nitro benzene ring substituents is 1. The van der Waals surface area contributed by atoms with Gasteiger partial charge in [-0.25, -0.2) is 4.98 Å². The molecule has 0 saturated carbocycles. The van der Waals surface area contributed by atoms with Crippen LogP contribution >= 0.6 is 34.9 Å². The molecule has 0 aliphatic carbocycles. The van der Waals surface area contributed by atoms with E-state index in [0.29, 0.717) is 33.1 Å². The van der Waals surface area contributed by atoms with Crippen LogP contribution in [0, 0.1) is 14.9 Å². The number of amides is 1. The van der Waals surface area contributed by atoms with Crippen molar-refractivity contribution >= 4 is 61.7 Å². The van der Waals surface area contributed by atoms with Gasteiger partial charge in [0.15, 0.2) is 9.90 Å². The number of fused-ring (bicyclic) bond motifs is 1. The number of nitro groups is 1. The first-order chi connectivity index (χ1) is 14.4. The number of carbonyl (C=O) groups excluding carboxylic acids is 1. The number of aromatic nitrogens is 4. The number of rotatable bonds is 7. The summed E-state index contributed by atoms with van der Waals surface area (Å²) >= 11 is 7.78. The average Bonchev–Trinajstić information content (AvgIpc) is 3.42.